The Morgan fingerprint density at radius 1 is 1.12 bits per heavy atom. The van der Waals surface area contributed by atoms with Gasteiger partial charge in [0.2, 0.25) is 5.91 Å². The summed E-state index contributed by atoms with van der Waals surface area (Å²) in [5.74, 6) is 0.988. The summed E-state index contributed by atoms with van der Waals surface area (Å²) < 4.78 is 5.52. The van der Waals surface area contributed by atoms with Crippen molar-refractivity contribution in [1.29, 1.82) is 0 Å². The Hall–Kier alpha value is -3.72. The van der Waals surface area contributed by atoms with Gasteiger partial charge in [-0.2, -0.15) is 5.10 Å². The zero-order chi connectivity index (χ0) is 29.1. The molecule has 1 aliphatic heterocycles. The molecule has 1 aromatic heterocycles. The van der Waals surface area contributed by atoms with E-state index >= 15 is 0 Å². The molecule has 2 aromatic carbocycles. The molecule has 1 aliphatic carbocycles. The standard InChI is InChI=1S/C32H42N6O3/c1-20(21-7-5-8-21)34-28(19-33)23-12-10-22(11-13-23)24-14-15-26-27(17-24)36-37-30(26)35-29(39)18-25-9-6-16-38(25)31(40)41-32(2,3)4/h10-15,17,20-21,25H,5-9,16,18-19,33H2,1-4H3,(H2,35,36,37,39). The van der Waals surface area contributed by atoms with Gasteiger partial charge in [-0.3, -0.25) is 14.9 Å². The van der Waals surface area contributed by atoms with Crippen molar-refractivity contribution in [3.8, 4) is 11.1 Å². The Kier molecular flexibility index (Phi) is 8.45. The maximum atomic E-state index is 12.9. The highest BCUT2D eigenvalue weighted by Gasteiger charge is 2.33. The predicted octanol–water partition coefficient (Wildman–Crippen LogP) is 5.89. The molecule has 2 unspecified atom stereocenters. The van der Waals surface area contributed by atoms with Crippen LogP contribution < -0.4 is 11.1 Å². The molecule has 2 heterocycles. The smallest absolute Gasteiger partial charge is 0.410 e. The van der Waals surface area contributed by atoms with Crippen LogP contribution in [0.1, 0.15) is 71.8 Å². The third-order valence-electron chi connectivity index (χ3n) is 8.18. The molecule has 3 aromatic rings. The van der Waals surface area contributed by atoms with E-state index in [1.165, 1.54) is 19.3 Å². The zero-order valence-corrected chi connectivity index (χ0v) is 24.6. The predicted molar refractivity (Wildman–Crippen MR) is 163 cm³/mol. The summed E-state index contributed by atoms with van der Waals surface area (Å²) in [6, 6.07) is 14.5. The number of benzene rings is 2. The van der Waals surface area contributed by atoms with Crippen LogP contribution in [0.3, 0.4) is 0 Å². The minimum atomic E-state index is -0.573. The third kappa shape index (κ3) is 6.78. The van der Waals surface area contributed by atoms with E-state index in [4.69, 9.17) is 15.5 Å². The van der Waals surface area contributed by atoms with Crippen molar-refractivity contribution in [3.63, 3.8) is 0 Å². The SMILES string of the molecule is CC(N=C(CN)c1ccc(-c2ccc3c(NC(=O)CC4CCCN4C(=O)OC(C)(C)C)n[nH]c3c2)cc1)C1CCC1. The second-order valence-corrected chi connectivity index (χ2v) is 12.3. The monoisotopic (exact) mass is 558 g/mol. The van der Waals surface area contributed by atoms with Crippen LogP contribution in [-0.4, -0.2) is 63.6 Å². The van der Waals surface area contributed by atoms with Crippen molar-refractivity contribution < 1.29 is 14.3 Å². The van der Waals surface area contributed by atoms with Crippen LogP contribution in [0.15, 0.2) is 47.5 Å². The van der Waals surface area contributed by atoms with E-state index in [0.717, 1.165) is 46.1 Å². The second kappa shape index (κ2) is 12.0. The molecule has 0 spiro atoms. The number of amides is 2. The van der Waals surface area contributed by atoms with Crippen LogP contribution in [0.25, 0.3) is 22.0 Å². The van der Waals surface area contributed by atoms with Crippen molar-refractivity contribution in [2.45, 2.75) is 83.9 Å². The van der Waals surface area contributed by atoms with Crippen LogP contribution >= 0.6 is 0 Å². The van der Waals surface area contributed by atoms with Gasteiger partial charge in [-0.1, -0.05) is 36.8 Å². The molecule has 218 valence electrons. The van der Waals surface area contributed by atoms with Gasteiger partial charge in [-0.15, -0.1) is 0 Å². The van der Waals surface area contributed by atoms with E-state index in [1.807, 2.05) is 39.0 Å². The first-order valence-electron chi connectivity index (χ1n) is 14.8. The molecule has 4 N–H and O–H groups in total. The minimum absolute atomic E-state index is 0.178. The van der Waals surface area contributed by atoms with E-state index in [-0.39, 0.29) is 24.5 Å². The molecule has 9 heteroatoms. The largest absolute Gasteiger partial charge is 0.444 e. The van der Waals surface area contributed by atoms with Crippen LogP contribution in [0.5, 0.6) is 0 Å². The fraction of sp³-hybridized carbons (Fsp3) is 0.500. The lowest BCUT2D eigenvalue weighted by Gasteiger charge is -2.29. The molecular weight excluding hydrogens is 516 g/mol. The number of H-pyrrole nitrogens is 1. The van der Waals surface area contributed by atoms with Crippen molar-refractivity contribution in [2.75, 3.05) is 18.4 Å². The number of aromatic amines is 1. The number of aromatic nitrogens is 2. The highest BCUT2D eigenvalue weighted by Crippen LogP contribution is 2.32. The summed E-state index contributed by atoms with van der Waals surface area (Å²) in [6.45, 7) is 8.74. The molecule has 5 rings (SSSR count). The van der Waals surface area contributed by atoms with Gasteiger partial charge >= 0.3 is 6.09 Å². The maximum Gasteiger partial charge on any atom is 0.410 e. The number of hydrogen-bond acceptors (Lipinski definition) is 6. The summed E-state index contributed by atoms with van der Waals surface area (Å²) in [4.78, 5) is 32.1. The highest BCUT2D eigenvalue weighted by atomic mass is 16.6. The molecule has 41 heavy (non-hydrogen) atoms. The molecule has 1 saturated carbocycles. The molecule has 2 amide bonds. The number of hydrogen-bond donors (Lipinski definition) is 3. The molecular formula is C32H42N6O3. The van der Waals surface area contributed by atoms with Crippen molar-refractivity contribution in [2.24, 2.45) is 16.6 Å². The van der Waals surface area contributed by atoms with Gasteiger partial charge in [-0.25, -0.2) is 4.79 Å². The van der Waals surface area contributed by atoms with Gasteiger partial charge in [0.15, 0.2) is 5.82 Å². The minimum Gasteiger partial charge on any atom is -0.444 e. The van der Waals surface area contributed by atoms with Gasteiger partial charge < -0.3 is 20.7 Å². The fourth-order valence-electron chi connectivity index (χ4n) is 5.67. The summed E-state index contributed by atoms with van der Waals surface area (Å²) in [7, 11) is 0. The van der Waals surface area contributed by atoms with E-state index in [1.54, 1.807) is 4.90 Å². The Labute approximate surface area is 241 Å². The average molecular weight is 559 g/mol. The van der Waals surface area contributed by atoms with Crippen LogP contribution in [0.2, 0.25) is 0 Å². The zero-order valence-electron chi connectivity index (χ0n) is 24.6. The number of likely N-dealkylation sites (tertiary alicyclic amines) is 1. The van der Waals surface area contributed by atoms with Crippen LogP contribution in [-0.2, 0) is 9.53 Å². The number of nitrogens with zero attached hydrogens (tertiary/aromatic N) is 3. The first kappa shape index (κ1) is 28.8. The Balaban J connectivity index is 1.24. The van der Waals surface area contributed by atoms with E-state index in [9.17, 15) is 9.59 Å². The summed E-state index contributed by atoms with van der Waals surface area (Å²) in [5, 5.41) is 11.2. The van der Waals surface area contributed by atoms with E-state index in [2.05, 4.69) is 46.7 Å². The molecule has 2 fully saturated rings. The number of carbonyl (C=O) groups is 2. The lowest BCUT2D eigenvalue weighted by Crippen LogP contribution is -2.41. The van der Waals surface area contributed by atoms with Gasteiger partial charge in [0.05, 0.1) is 17.3 Å². The van der Waals surface area contributed by atoms with Crippen molar-refractivity contribution in [1.82, 2.24) is 15.1 Å². The average Bonchev–Trinajstić information content (AvgIpc) is 3.52. The molecule has 1 saturated heterocycles. The first-order valence-corrected chi connectivity index (χ1v) is 14.8. The number of nitrogens with two attached hydrogens (primary N) is 1. The van der Waals surface area contributed by atoms with Gasteiger partial charge in [-0.05, 0) is 88.1 Å². The van der Waals surface area contributed by atoms with Crippen molar-refractivity contribution in [3.05, 3.63) is 48.0 Å². The Morgan fingerprint density at radius 2 is 1.85 bits per heavy atom. The van der Waals surface area contributed by atoms with Crippen LogP contribution in [0.4, 0.5) is 10.6 Å². The molecule has 9 nitrogen and oxygen atoms in total. The number of ether oxygens (including phenoxy) is 1. The van der Waals surface area contributed by atoms with E-state index < -0.39 is 5.60 Å². The maximum absolute atomic E-state index is 12.9. The van der Waals surface area contributed by atoms with Crippen LogP contribution in [0, 0.1) is 5.92 Å². The summed E-state index contributed by atoms with van der Waals surface area (Å²) in [6.07, 6.45) is 5.28. The van der Waals surface area contributed by atoms with Gasteiger partial charge in [0.1, 0.15) is 5.60 Å². The van der Waals surface area contributed by atoms with E-state index in [0.29, 0.717) is 30.9 Å². The molecule has 2 aliphatic rings. The number of aliphatic imine (C=N–C) groups is 1. The fourth-order valence-corrected chi connectivity index (χ4v) is 5.67. The normalized spacial score (nSPS) is 18.8. The molecule has 2 atom stereocenters. The topological polar surface area (TPSA) is 126 Å². The van der Waals surface area contributed by atoms with Crippen molar-refractivity contribution >= 4 is 34.4 Å². The van der Waals surface area contributed by atoms with Gasteiger partial charge in [0, 0.05) is 30.9 Å². The molecule has 0 radical (unpaired) electrons. The Bertz CT molecular complexity index is 1420. The lowest BCUT2D eigenvalue weighted by atomic mass is 9.80. The first-order chi connectivity index (χ1) is 19.6. The highest BCUT2D eigenvalue weighted by molar-refractivity contribution is 6.03. The summed E-state index contributed by atoms with van der Waals surface area (Å²) >= 11 is 0. The quantitative estimate of drug-likeness (QED) is 0.297. The number of anilines is 1. The molecule has 0 bridgehead atoms. The summed E-state index contributed by atoms with van der Waals surface area (Å²) in [5.41, 5.74) is 10.4. The Morgan fingerprint density at radius 3 is 2.51 bits per heavy atom. The number of nitrogens with one attached hydrogen (secondary N) is 2. The number of rotatable bonds is 8. The number of fused-ring (bicyclic) bond motifs is 1. The second-order valence-electron chi connectivity index (χ2n) is 12.3. The number of carbonyl (C=O) groups excluding carboxylic acids is 2. The third-order valence-corrected chi connectivity index (χ3v) is 8.18. The lowest BCUT2D eigenvalue weighted by molar-refractivity contribution is -0.117. The van der Waals surface area contributed by atoms with Gasteiger partial charge in [0.25, 0.3) is 0 Å².